The first-order chi connectivity index (χ1) is 9.63. The molecule has 1 aromatic rings. The molecule has 4 N–H and O–H groups in total. The number of aryl methyl sites for hydroxylation is 1. The first-order valence-corrected chi connectivity index (χ1v) is 7.03. The molecule has 1 amide bonds. The molecular formula is C13H21IN6O. The van der Waals surface area contributed by atoms with Crippen LogP contribution in [-0.4, -0.2) is 40.8 Å². The van der Waals surface area contributed by atoms with E-state index >= 15 is 0 Å². The first-order valence-electron chi connectivity index (χ1n) is 7.03. The van der Waals surface area contributed by atoms with Crippen molar-refractivity contribution in [2.75, 3.05) is 13.1 Å². The van der Waals surface area contributed by atoms with Crippen LogP contribution in [0.4, 0.5) is 0 Å². The molecule has 0 spiro atoms. The van der Waals surface area contributed by atoms with Gasteiger partial charge in [-0.05, 0) is 25.7 Å². The number of aromatic nitrogens is 2. The third-order valence-electron chi connectivity index (χ3n) is 3.91. The number of primary amides is 1. The average molecular weight is 404 g/mol. The van der Waals surface area contributed by atoms with Crippen molar-refractivity contribution < 1.29 is 4.79 Å². The van der Waals surface area contributed by atoms with E-state index in [0.29, 0.717) is 17.5 Å². The number of nitrogens with zero attached hydrogens (tertiary/aromatic N) is 3. The molecular weight excluding hydrogens is 383 g/mol. The number of halogens is 1. The molecule has 21 heavy (non-hydrogen) atoms. The maximum atomic E-state index is 11.4. The lowest BCUT2D eigenvalue weighted by molar-refractivity contribution is 0.0998. The van der Waals surface area contributed by atoms with Gasteiger partial charge in [0.15, 0.2) is 5.96 Å². The van der Waals surface area contributed by atoms with Crippen LogP contribution in [0.2, 0.25) is 0 Å². The number of nitrogens with two attached hydrogens (primary N) is 1. The van der Waals surface area contributed by atoms with Crippen LogP contribution >= 0.6 is 24.0 Å². The van der Waals surface area contributed by atoms with E-state index in [0.717, 1.165) is 44.1 Å². The van der Waals surface area contributed by atoms with Crippen molar-refractivity contribution in [1.82, 2.24) is 20.4 Å². The summed E-state index contributed by atoms with van der Waals surface area (Å²) in [5.41, 5.74) is 6.90. The monoisotopic (exact) mass is 404 g/mol. The van der Waals surface area contributed by atoms with Crippen molar-refractivity contribution >= 4 is 35.8 Å². The second-order valence-electron chi connectivity index (χ2n) is 5.57. The molecule has 0 aliphatic carbocycles. The van der Waals surface area contributed by atoms with Crippen LogP contribution < -0.4 is 16.4 Å². The maximum Gasteiger partial charge on any atom is 0.252 e. The molecule has 8 heteroatoms. The predicted octanol–water partition coefficient (Wildman–Crippen LogP) is 0.0997. The molecule has 2 unspecified atom stereocenters. The lowest BCUT2D eigenvalue weighted by atomic mass is 9.94. The average Bonchev–Trinajstić information content (AvgIpc) is 3.01. The Hall–Kier alpha value is -1.32. The topological polar surface area (TPSA) is 97.3 Å². The number of carbonyl (C=O) groups is 1. The number of carbonyl (C=O) groups excluding carboxylic acids is 1. The summed E-state index contributed by atoms with van der Waals surface area (Å²) < 4.78 is 1.89. The Morgan fingerprint density at radius 2 is 2.43 bits per heavy atom. The molecule has 116 valence electrons. The Bertz CT molecular complexity index is 555. The molecule has 0 radical (unpaired) electrons. The highest BCUT2D eigenvalue weighted by molar-refractivity contribution is 14.0. The summed E-state index contributed by atoms with van der Waals surface area (Å²) in [5.74, 6) is 0.958. The molecule has 3 rings (SSSR count). The van der Waals surface area contributed by atoms with Gasteiger partial charge < -0.3 is 16.4 Å². The molecule has 0 aromatic carbocycles. The number of amides is 1. The van der Waals surface area contributed by atoms with E-state index in [1.807, 2.05) is 4.68 Å². The fourth-order valence-corrected chi connectivity index (χ4v) is 2.78. The number of rotatable bonds is 3. The van der Waals surface area contributed by atoms with Crippen molar-refractivity contribution in [3.63, 3.8) is 0 Å². The molecule has 2 aliphatic heterocycles. The molecule has 0 saturated carbocycles. The number of nitrogens with one attached hydrogen (secondary N) is 2. The Morgan fingerprint density at radius 3 is 3.10 bits per heavy atom. The summed E-state index contributed by atoms with van der Waals surface area (Å²) in [6.45, 7) is 4.62. The van der Waals surface area contributed by atoms with Gasteiger partial charge in [0, 0.05) is 19.1 Å². The van der Waals surface area contributed by atoms with Crippen molar-refractivity contribution in [2.45, 2.75) is 32.4 Å². The Labute approximate surface area is 140 Å². The van der Waals surface area contributed by atoms with Gasteiger partial charge >= 0.3 is 0 Å². The number of guanidine groups is 1. The SMILES string of the molecule is CC1CN=C(NCC2CCn3ncc(C(N)=O)c3C2)N1.I. The molecule has 3 heterocycles. The van der Waals surface area contributed by atoms with E-state index < -0.39 is 5.91 Å². The number of hydrogen-bond donors (Lipinski definition) is 3. The van der Waals surface area contributed by atoms with Crippen LogP contribution in [0.25, 0.3) is 0 Å². The van der Waals surface area contributed by atoms with Crippen molar-refractivity contribution in [1.29, 1.82) is 0 Å². The van der Waals surface area contributed by atoms with E-state index in [-0.39, 0.29) is 24.0 Å². The minimum absolute atomic E-state index is 0. The van der Waals surface area contributed by atoms with Crippen LogP contribution in [0, 0.1) is 5.92 Å². The van der Waals surface area contributed by atoms with Crippen molar-refractivity contribution in [3.8, 4) is 0 Å². The zero-order valence-corrected chi connectivity index (χ0v) is 14.3. The quantitative estimate of drug-likeness (QED) is 0.623. The molecule has 1 aromatic heterocycles. The summed E-state index contributed by atoms with van der Waals surface area (Å²) in [5, 5.41) is 10.9. The van der Waals surface area contributed by atoms with Gasteiger partial charge in [-0.25, -0.2) is 0 Å². The van der Waals surface area contributed by atoms with Crippen LogP contribution in [0.3, 0.4) is 0 Å². The first kappa shape index (κ1) is 16.1. The van der Waals surface area contributed by atoms with Gasteiger partial charge in [0.05, 0.1) is 24.0 Å². The van der Waals surface area contributed by atoms with Crippen LogP contribution in [-0.2, 0) is 13.0 Å². The van der Waals surface area contributed by atoms with Gasteiger partial charge in [0.25, 0.3) is 5.91 Å². The molecule has 2 aliphatic rings. The highest BCUT2D eigenvalue weighted by atomic mass is 127. The van der Waals surface area contributed by atoms with E-state index in [2.05, 4.69) is 27.6 Å². The lowest BCUT2D eigenvalue weighted by Gasteiger charge is -2.24. The Balaban J connectivity index is 0.00000161. The molecule has 0 bridgehead atoms. The zero-order valence-electron chi connectivity index (χ0n) is 12.0. The Kier molecular flexibility index (Phi) is 5.07. The summed E-state index contributed by atoms with van der Waals surface area (Å²) in [6, 6.07) is 0.409. The number of hydrogen-bond acceptors (Lipinski definition) is 5. The van der Waals surface area contributed by atoms with Gasteiger partial charge in [0.2, 0.25) is 0 Å². The van der Waals surface area contributed by atoms with Gasteiger partial charge in [-0.1, -0.05) is 0 Å². The van der Waals surface area contributed by atoms with E-state index in [4.69, 9.17) is 5.73 Å². The highest BCUT2D eigenvalue weighted by Gasteiger charge is 2.24. The van der Waals surface area contributed by atoms with Crippen LogP contribution in [0.5, 0.6) is 0 Å². The summed E-state index contributed by atoms with van der Waals surface area (Å²) >= 11 is 0. The smallest absolute Gasteiger partial charge is 0.252 e. The minimum Gasteiger partial charge on any atom is -0.365 e. The zero-order chi connectivity index (χ0) is 14.1. The van der Waals surface area contributed by atoms with E-state index in [9.17, 15) is 4.79 Å². The van der Waals surface area contributed by atoms with Gasteiger partial charge in [-0.3, -0.25) is 14.5 Å². The standard InChI is InChI=1S/C13H20N6O.HI/c1-8-5-15-13(18-8)16-6-9-2-3-19-11(4-9)10(7-17-19)12(14)20;/h7-9H,2-6H2,1H3,(H2,14,20)(H2,15,16,18);1H. The summed E-state index contributed by atoms with van der Waals surface area (Å²) in [6.07, 6.45) is 3.45. The molecule has 0 saturated heterocycles. The Morgan fingerprint density at radius 1 is 1.62 bits per heavy atom. The fraction of sp³-hybridized carbons (Fsp3) is 0.615. The van der Waals surface area contributed by atoms with Gasteiger partial charge in [0.1, 0.15) is 0 Å². The number of aliphatic imine (C=N–C) groups is 1. The van der Waals surface area contributed by atoms with Gasteiger partial charge in [-0.2, -0.15) is 5.10 Å². The van der Waals surface area contributed by atoms with Crippen molar-refractivity contribution in [2.24, 2.45) is 16.6 Å². The summed E-state index contributed by atoms with van der Waals surface area (Å²) in [4.78, 5) is 15.8. The second-order valence-corrected chi connectivity index (χ2v) is 5.57. The molecule has 0 fully saturated rings. The van der Waals surface area contributed by atoms with Crippen molar-refractivity contribution in [3.05, 3.63) is 17.5 Å². The third kappa shape index (κ3) is 3.47. The number of fused-ring (bicyclic) bond motifs is 1. The molecule has 2 atom stereocenters. The highest BCUT2D eigenvalue weighted by Crippen LogP contribution is 2.22. The van der Waals surface area contributed by atoms with E-state index in [1.165, 1.54) is 0 Å². The molecule has 7 nitrogen and oxygen atoms in total. The fourth-order valence-electron chi connectivity index (χ4n) is 2.78. The van der Waals surface area contributed by atoms with E-state index in [1.54, 1.807) is 6.20 Å². The lowest BCUT2D eigenvalue weighted by Crippen LogP contribution is -2.41. The largest absolute Gasteiger partial charge is 0.365 e. The van der Waals surface area contributed by atoms with Crippen LogP contribution in [0.1, 0.15) is 29.4 Å². The van der Waals surface area contributed by atoms with Crippen LogP contribution in [0.15, 0.2) is 11.2 Å². The third-order valence-corrected chi connectivity index (χ3v) is 3.91. The summed E-state index contributed by atoms with van der Waals surface area (Å²) in [7, 11) is 0. The maximum absolute atomic E-state index is 11.4. The van der Waals surface area contributed by atoms with Gasteiger partial charge in [-0.15, -0.1) is 24.0 Å². The minimum atomic E-state index is -0.393. The second kappa shape index (κ2) is 6.63. The normalized spacial score (nSPS) is 23.6. The predicted molar refractivity (Wildman–Crippen MR) is 90.9 cm³/mol.